The van der Waals surface area contributed by atoms with Crippen LogP contribution in [0.1, 0.15) is 60.3 Å². The zero-order valence-corrected chi connectivity index (χ0v) is 25.6. The highest BCUT2D eigenvalue weighted by atomic mass is 32.2. The summed E-state index contributed by atoms with van der Waals surface area (Å²) in [5.41, 5.74) is 10.6. The number of carbonyl (C=O) groups excluding carboxylic acids is 2. The van der Waals surface area contributed by atoms with Crippen molar-refractivity contribution < 1.29 is 24.2 Å². The number of nitrogens with zero attached hydrogens (tertiary/aromatic N) is 2. The van der Waals surface area contributed by atoms with Gasteiger partial charge in [0.2, 0.25) is 11.8 Å². The highest BCUT2D eigenvalue weighted by Gasteiger charge is 2.32. The third-order valence-electron chi connectivity index (χ3n) is 7.34. The van der Waals surface area contributed by atoms with Crippen LogP contribution in [0.4, 0.5) is 11.4 Å². The zero-order valence-electron chi connectivity index (χ0n) is 24.8. The number of anilines is 2. The monoisotopic (exact) mass is 627 g/mol. The fourth-order valence-corrected chi connectivity index (χ4v) is 5.69. The van der Waals surface area contributed by atoms with Crippen molar-refractivity contribution in [1.29, 1.82) is 0 Å². The Kier molecular flexibility index (Phi) is 11.5. The van der Waals surface area contributed by atoms with E-state index in [-0.39, 0.29) is 43.5 Å². The molecule has 3 aromatic carbocycles. The molecule has 1 saturated heterocycles. The third kappa shape index (κ3) is 9.60. The van der Waals surface area contributed by atoms with Crippen molar-refractivity contribution in [3.8, 4) is 0 Å². The van der Waals surface area contributed by atoms with Gasteiger partial charge in [0.15, 0.2) is 11.4 Å². The predicted octanol–water partition coefficient (Wildman–Crippen LogP) is 5.31. The molecule has 1 aliphatic rings. The lowest BCUT2D eigenvalue weighted by molar-refractivity contribution is -0.245. The second-order valence-electron chi connectivity index (χ2n) is 10.7. The molecular weight excluding hydrogens is 590 g/mol. The van der Waals surface area contributed by atoms with Gasteiger partial charge < -0.3 is 30.9 Å². The number of nitrogens with two attached hydrogens (primary N) is 1. The number of aromatic nitrogens is 2. The van der Waals surface area contributed by atoms with Gasteiger partial charge >= 0.3 is 0 Å². The topological polar surface area (TPSA) is 149 Å². The molecule has 0 spiro atoms. The van der Waals surface area contributed by atoms with Crippen molar-refractivity contribution in [2.24, 2.45) is 0 Å². The van der Waals surface area contributed by atoms with Gasteiger partial charge in [0.1, 0.15) is 0 Å². The predicted molar refractivity (Wildman–Crippen MR) is 173 cm³/mol. The van der Waals surface area contributed by atoms with Gasteiger partial charge in [-0.25, -0.2) is 9.97 Å². The molecule has 4 aromatic rings. The number of thioether (sulfide) groups is 1. The maximum Gasteiger partial charge on any atom is 0.224 e. The number of hydrogen-bond acceptors (Lipinski definition) is 9. The van der Waals surface area contributed by atoms with Crippen molar-refractivity contribution in [3.63, 3.8) is 0 Å². The lowest BCUT2D eigenvalue weighted by atomic mass is 10.0. The Morgan fingerprint density at radius 1 is 0.867 bits per heavy atom. The summed E-state index contributed by atoms with van der Waals surface area (Å²) in [6, 6.07) is 24.4. The van der Waals surface area contributed by atoms with Crippen LogP contribution in [0.5, 0.6) is 0 Å². The summed E-state index contributed by atoms with van der Waals surface area (Å²) >= 11 is 1.54. The number of nitrogen functional groups attached to an aromatic ring is 1. The van der Waals surface area contributed by atoms with E-state index in [0.717, 1.165) is 22.3 Å². The molecule has 3 atom stereocenters. The summed E-state index contributed by atoms with van der Waals surface area (Å²) in [6.07, 6.45) is 4.14. The van der Waals surface area contributed by atoms with Gasteiger partial charge in [0.25, 0.3) is 0 Å². The molecule has 0 unspecified atom stereocenters. The van der Waals surface area contributed by atoms with E-state index in [1.165, 1.54) is 0 Å². The van der Waals surface area contributed by atoms with Gasteiger partial charge in [-0.05, 0) is 41.3 Å². The number of ether oxygens (including phenoxy) is 2. The van der Waals surface area contributed by atoms with Crippen LogP contribution in [0, 0.1) is 0 Å². The molecule has 0 saturated carbocycles. The Morgan fingerprint density at radius 3 is 2.29 bits per heavy atom. The van der Waals surface area contributed by atoms with Crippen LogP contribution in [0.15, 0.2) is 96.4 Å². The first-order valence-corrected chi connectivity index (χ1v) is 15.9. The molecule has 2 amide bonds. The Morgan fingerprint density at radius 2 is 1.56 bits per heavy atom. The summed E-state index contributed by atoms with van der Waals surface area (Å²) in [5.74, 6) is 0.367. The van der Waals surface area contributed by atoms with E-state index in [4.69, 9.17) is 15.2 Å². The summed E-state index contributed by atoms with van der Waals surface area (Å²) in [6.45, 7) is 0.358. The van der Waals surface area contributed by atoms with Crippen molar-refractivity contribution in [2.75, 3.05) is 16.8 Å². The van der Waals surface area contributed by atoms with Crippen molar-refractivity contribution >= 4 is 35.0 Å². The van der Waals surface area contributed by atoms with E-state index in [1.807, 2.05) is 48.5 Å². The maximum absolute atomic E-state index is 12.4. The Bertz CT molecular complexity index is 1540. The molecule has 2 heterocycles. The van der Waals surface area contributed by atoms with Gasteiger partial charge in [-0.15, -0.1) is 0 Å². The van der Waals surface area contributed by atoms with Gasteiger partial charge in [-0.3, -0.25) is 9.59 Å². The number of amides is 2. The van der Waals surface area contributed by atoms with E-state index in [0.29, 0.717) is 41.7 Å². The minimum absolute atomic E-state index is 0.0114. The SMILES string of the molecule is Nc1ccccc1NC(=O)CCCC(=O)NCc1ccc([C@H]2O[C@@H](CSc3ncccn3)C[C@@H](c3ccc(CO)cc3)O2)cc1. The minimum Gasteiger partial charge on any atom is -0.397 e. The highest BCUT2D eigenvalue weighted by molar-refractivity contribution is 7.99. The Hall–Kier alpha value is -4.29. The standard InChI is InChI=1S/C34H37N5O5S/c35-28-5-1-2-6-29(28)39-32(42)8-3-7-31(41)38-20-23-9-15-26(16-10-23)33-43-27(22-45-34-36-17-4-18-37-34)19-30(44-33)25-13-11-24(21-40)12-14-25/h1-2,4-6,9-18,27,30,33,40H,3,7-8,19-22,35H2,(H,38,41)(H,39,42)/t27-,30+,33+/m1/s1. The number of carbonyl (C=O) groups is 2. The molecule has 11 heteroatoms. The zero-order chi connectivity index (χ0) is 31.4. The lowest BCUT2D eigenvalue weighted by Crippen LogP contribution is -2.31. The van der Waals surface area contributed by atoms with E-state index >= 15 is 0 Å². The molecular formula is C34H37N5O5S. The number of para-hydroxylation sites is 2. The molecule has 5 N–H and O–H groups in total. The number of benzene rings is 3. The minimum atomic E-state index is -0.579. The molecule has 5 rings (SSSR count). The lowest BCUT2D eigenvalue weighted by Gasteiger charge is -2.36. The molecule has 0 bridgehead atoms. The quantitative estimate of drug-likeness (QED) is 0.0879. The summed E-state index contributed by atoms with van der Waals surface area (Å²) in [5, 5.41) is 15.8. The summed E-state index contributed by atoms with van der Waals surface area (Å²) in [7, 11) is 0. The third-order valence-corrected chi connectivity index (χ3v) is 8.35. The fourth-order valence-electron chi connectivity index (χ4n) is 4.86. The van der Waals surface area contributed by atoms with Gasteiger partial charge in [0, 0.05) is 49.5 Å². The van der Waals surface area contributed by atoms with Crippen LogP contribution >= 0.6 is 11.8 Å². The fraction of sp³-hybridized carbons (Fsp3) is 0.294. The first kappa shape index (κ1) is 32.1. The van der Waals surface area contributed by atoms with Crippen LogP contribution in [0.25, 0.3) is 0 Å². The normalized spacial score (nSPS) is 17.8. The van der Waals surface area contributed by atoms with E-state index in [2.05, 4.69) is 20.6 Å². The van der Waals surface area contributed by atoms with Crippen molar-refractivity contribution in [3.05, 3.63) is 114 Å². The molecule has 1 aliphatic heterocycles. The molecule has 1 aromatic heterocycles. The Balaban J connectivity index is 1.13. The smallest absolute Gasteiger partial charge is 0.224 e. The number of nitrogens with one attached hydrogen (secondary N) is 2. The number of rotatable bonds is 13. The average Bonchev–Trinajstić information content (AvgIpc) is 3.08. The number of aliphatic hydroxyl groups is 1. The second-order valence-corrected chi connectivity index (χ2v) is 11.7. The molecule has 45 heavy (non-hydrogen) atoms. The molecule has 1 fully saturated rings. The first-order chi connectivity index (χ1) is 22.0. The van der Waals surface area contributed by atoms with Crippen LogP contribution < -0.4 is 16.4 Å². The Labute approximate surface area is 266 Å². The van der Waals surface area contributed by atoms with Crippen LogP contribution in [0.3, 0.4) is 0 Å². The van der Waals surface area contributed by atoms with Crippen LogP contribution in [-0.2, 0) is 32.2 Å². The highest BCUT2D eigenvalue weighted by Crippen LogP contribution is 2.39. The van der Waals surface area contributed by atoms with Crippen LogP contribution in [0.2, 0.25) is 0 Å². The van der Waals surface area contributed by atoms with Crippen molar-refractivity contribution in [1.82, 2.24) is 15.3 Å². The van der Waals surface area contributed by atoms with E-state index in [9.17, 15) is 14.7 Å². The van der Waals surface area contributed by atoms with Crippen LogP contribution in [-0.4, -0.2) is 38.7 Å². The van der Waals surface area contributed by atoms with Gasteiger partial charge in [-0.1, -0.05) is 72.4 Å². The molecule has 0 radical (unpaired) electrons. The maximum atomic E-state index is 12.4. The van der Waals surface area contributed by atoms with Gasteiger partial charge in [-0.2, -0.15) is 0 Å². The molecule has 0 aliphatic carbocycles. The first-order valence-electron chi connectivity index (χ1n) is 14.9. The van der Waals surface area contributed by atoms with E-state index < -0.39 is 6.29 Å². The average molecular weight is 628 g/mol. The van der Waals surface area contributed by atoms with Gasteiger partial charge in [0.05, 0.1) is 30.2 Å². The van der Waals surface area contributed by atoms with Crippen molar-refractivity contribution in [2.45, 2.75) is 62.5 Å². The van der Waals surface area contributed by atoms with E-state index in [1.54, 1.807) is 54.5 Å². The summed E-state index contributed by atoms with van der Waals surface area (Å²) < 4.78 is 12.8. The molecule has 10 nitrogen and oxygen atoms in total. The number of aliphatic hydroxyl groups excluding tert-OH is 1. The molecule has 234 valence electrons. The second kappa shape index (κ2) is 16.1. The number of hydrogen-bond donors (Lipinski definition) is 4. The largest absolute Gasteiger partial charge is 0.397 e. The summed E-state index contributed by atoms with van der Waals surface area (Å²) in [4.78, 5) is 33.2.